The van der Waals surface area contributed by atoms with Crippen molar-refractivity contribution in [3.05, 3.63) is 16.6 Å². The minimum atomic E-state index is -3.65. The van der Waals surface area contributed by atoms with Crippen LogP contribution in [0.15, 0.2) is 21.5 Å². The van der Waals surface area contributed by atoms with Gasteiger partial charge in [-0.25, -0.2) is 8.42 Å². The van der Waals surface area contributed by atoms with Crippen molar-refractivity contribution < 1.29 is 17.9 Å². The molecule has 0 amide bonds. The SMILES string of the molecule is COc1cc(OC)c(S(=O)(=O)N2CCCC2CN)cc1Br. The third-order valence-corrected chi connectivity index (χ3v) is 6.21. The van der Waals surface area contributed by atoms with E-state index in [1.807, 2.05) is 0 Å². The lowest BCUT2D eigenvalue weighted by Crippen LogP contribution is -2.40. The molecule has 8 heteroatoms. The number of hydrogen-bond donors (Lipinski definition) is 1. The Morgan fingerprint density at radius 1 is 1.33 bits per heavy atom. The van der Waals surface area contributed by atoms with Gasteiger partial charge in [0.25, 0.3) is 0 Å². The summed E-state index contributed by atoms with van der Waals surface area (Å²) in [5.41, 5.74) is 5.68. The average Bonchev–Trinajstić information content (AvgIpc) is 2.96. The van der Waals surface area contributed by atoms with Crippen LogP contribution in [0, 0.1) is 0 Å². The first-order chi connectivity index (χ1) is 9.95. The lowest BCUT2D eigenvalue weighted by Gasteiger charge is -2.24. The van der Waals surface area contributed by atoms with Gasteiger partial charge in [-0.2, -0.15) is 4.31 Å². The molecule has 1 aliphatic heterocycles. The van der Waals surface area contributed by atoms with Crippen molar-refractivity contribution in [2.45, 2.75) is 23.8 Å². The molecular formula is C13H19BrN2O4S. The van der Waals surface area contributed by atoms with Gasteiger partial charge in [-0.1, -0.05) is 0 Å². The van der Waals surface area contributed by atoms with E-state index in [0.717, 1.165) is 12.8 Å². The van der Waals surface area contributed by atoms with E-state index in [9.17, 15) is 8.42 Å². The molecule has 0 radical (unpaired) electrons. The van der Waals surface area contributed by atoms with E-state index >= 15 is 0 Å². The maximum Gasteiger partial charge on any atom is 0.247 e. The Morgan fingerprint density at radius 2 is 2.00 bits per heavy atom. The summed E-state index contributed by atoms with van der Waals surface area (Å²) in [6.07, 6.45) is 1.61. The molecule has 118 valence electrons. The Kier molecular flexibility index (Phi) is 5.13. The Bertz CT molecular complexity index is 621. The lowest BCUT2D eigenvalue weighted by molar-refractivity contribution is 0.372. The monoisotopic (exact) mass is 378 g/mol. The summed E-state index contributed by atoms with van der Waals surface area (Å²) in [4.78, 5) is 0.123. The van der Waals surface area contributed by atoms with Crippen LogP contribution in [0.1, 0.15) is 12.8 Å². The molecule has 1 fully saturated rings. The molecule has 1 aromatic rings. The molecular weight excluding hydrogens is 360 g/mol. The third-order valence-electron chi connectivity index (χ3n) is 3.62. The predicted octanol–water partition coefficient (Wildman–Crippen LogP) is 1.58. The molecule has 6 nitrogen and oxygen atoms in total. The van der Waals surface area contributed by atoms with Crippen LogP contribution in [0.4, 0.5) is 0 Å². The van der Waals surface area contributed by atoms with Gasteiger partial charge in [-0.15, -0.1) is 0 Å². The van der Waals surface area contributed by atoms with Crippen LogP contribution in [0.2, 0.25) is 0 Å². The number of sulfonamides is 1. The van der Waals surface area contributed by atoms with E-state index in [1.54, 1.807) is 6.07 Å². The van der Waals surface area contributed by atoms with E-state index in [2.05, 4.69) is 15.9 Å². The van der Waals surface area contributed by atoms with Crippen LogP contribution in [-0.2, 0) is 10.0 Å². The molecule has 0 bridgehead atoms. The maximum absolute atomic E-state index is 12.9. The van der Waals surface area contributed by atoms with Crippen LogP contribution in [-0.4, -0.2) is 46.1 Å². The van der Waals surface area contributed by atoms with Crippen LogP contribution in [0.3, 0.4) is 0 Å². The third kappa shape index (κ3) is 3.03. The highest BCUT2D eigenvalue weighted by molar-refractivity contribution is 9.10. The van der Waals surface area contributed by atoms with Crippen LogP contribution < -0.4 is 15.2 Å². The second-order valence-electron chi connectivity index (χ2n) is 4.79. The molecule has 2 N–H and O–H groups in total. The maximum atomic E-state index is 12.9. The molecule has 1 heterocycles. The zero-order valence-electron chi connectivity index (χ0n) is 12.0. The minimum absolute atomic E-state index is 0.123. The number of benzene rings is 1. The van der Waals surface area contributed by atoms with Crippen LogP contribution in [0.5, 0.6) is 11.5 Å². The van der Waals surface area contributed by atoms with Crippen molar-refractivity contribution in [3.8, 4) is 11.5 Å². The van der Waals surface area contributed by atoms with Crippen molar-refractivity contribution >= 4 is 26.0 Å². The first-order valence-electron chi connectivity index (χ1n) is 6.59. The van der Waals surface area contributed by atoms with Gasteiger partial charge in [0, 0.05) is 25.2 Å². The topological polar surface area (TPSA) is 81.9 Å². The molecule has 1 aliphatic rings. The molecule has 2 rings (SSSR count). The standard InChI is InChI=1S/C13H19BrN2O4S/c1-19-11-7-12(20-2)13(6-10(11)14)21(17,18)16-5-3-4-9(16)8-15/h6-7,9H,3-5,8,15H2,1-2H3. The van der Waals surface area contributed by atoms with E-state index < -0.39 is 10.0 Å². The van der Waals surface area contributed by atoms with Crippen molar-refractivity contribution in [3.63, 3.8) is 0 Å². The van der Waals surface area contributed by atoms with E-state index in [-0.39, 0.29) is 16.7 Å². The normalized spacial score (nSPS) is 19.7. The summed E-state index contributed by atoms with van der Waals surface area (Å²) in [6.45, 7) is 0.801. The predicted molar refractivity (Wildman–Crippen MR) is 83.2 cm³/mol. The quantitative estimate of drug-likeness (QED) is 0.840. The summed E-state index contributed by atoms with van der Waals surface area (Å²) in [5.74, 6) is 0.778. The van der Waals surface area contributed by atoms with Gasteiger partial charge in [0.1, 0.15) is 16.4 Å². The van der Waals surface area contributed by atoms with Gasteiger partial charge in [0.05, 0.1) is 18.7 Å². The largest absolute Gasteiger partial charge is 0.495 e. The molecule has 0 aliphatic carbocycles. The molecule has 21 heavy (non-hydrogen) atoms. The highest BCUT2D eigenvalue weighted by Gasteiger charge is 2.36. The fourth-order valence-electron chi connectivity index (χ4n) is 2.52. The smallest absolute Gasteiger partial charge is 0.247 e. The molecule has 1 unspecified atom stereocenters. The van der Waals surface area contributed by atoms with Crippen molar-refractivity contribution in [1.29, 1.82) is 0 Å². The average molecular weight is 379 g/mol. The van der Waals surface area contributed by atoms with Crippen molar-refractivity contribution in [2.75, 3.05) is 27.3 Å². The number of hydrogen-bond acceptors (Lipinski definition) is 5. The molecule has 1 aromatic carbocycles. The van der Waals surface area contributed by atoms with Gasteiger partial charge in [0.2, 0.25) is 10.0 Å². The molecule has 1 atom stereocenters. The number of rotatable bonds is 5. The fraction of sp³-hybridized carbons (Fsp3) is 0.538. The van der Waals surface area contributed by atoms with Gasteiger partial charge >= 0.3 is 0 Å². The summed E-state index contributed by atoms with van der Waals surface area (Å²) in [5, 5.41) is 0. The number of halogens is 1. The van der Waals surface area contributed by atoms with Crippen LogP contribution >= 0.6 is 15.9 Å². The summed E-state index contributed by atoms with van der Waals surface area (Å²) >= 11 is 3.32. The number of ether oxygens (including phenoxy) is 2. The van der Waals surface area contributed by atoms with Gasteiger partial charge in [0.15, 0.2) is 0 Å². The molecule has 0 aromatic heterocycles. The van der Waals surface area contributed by atoms with Gasteiger partial charge < -0.3 is 15.2 Å². The zero-order valence-corrected chi connectivity index (χ0v) is 14.4. The number of nitrogens with zero attached hydrogens (tertiary/aromatic N) is 1. The first kappa shape index (κ1) is 16.5. The summed E-state index contributed by atoms with van der Waals surface area (Å²) < 4.78 is 38.1. The zero-order chi connectivity index (χ0) is 15.6. The molecule has 1 saturated heterocycles. The first-order valence-corrected chi connectivity index (χ1v) is 8.82. The number of nitrogens with two attached hydrogens (primary N) is 1. The molecule has 0 spiro atoms. The Morgan fingerprint density at radius 3 is 2.57 bits per heavy atom. The summed E-state index contributed by atoms with van der Waals surface area (Å²) in [7, 11) is -0.698. The second kappa shape index (κ2) is 6.51. The fourth-order valence-corrected chi connectivity index (χ4v) is 5.05. The Balaban J connectivity index is 2.51. The second-order valence-corrected chi connectivity index (χ2v) is 7.50. The summed E-state index contributed by atoms with van der Waals surface area (Å²) in [6, 6.07) is 2.92. The minimum Gasteiger partial charge on any atom is -0.495 e. The van der Waals surface area contributed by atoms with Crippen molar-refractivity contribution in [1.82, 2.24) is 4.31 Å². The van der Waals surface area contributed by atoms with Gasteiger partial charge in [-0.3, -0.25) is 0 Å². The highest BCUT2D eigenvalue weighted by Crippen LogP contribution is 2.38. The Labute approximate surface area is 133 Å². The van der Waals surface area contributed by atoms with E-state index in [1.165, 1.54) is 24.6 Å². The number of methoxy groups -OCH3 is 2. The van der Waals surface area contributed by atoms with E-state index in [4.69, 9.17) is 15.2 Å². The lowest BCUT2D eigenvalue weighted by atomic mass is 10.2. The van der Waals surface area contributed by atoms with Gasteiger partial charge in [-0.05, 0) is 34.8 Å². The molecule has 0 saturated carbocycles. The van der Waals surface area contributed by atoms with Crippen LogP contribution in [0.25, 0.3) is 0 Å². The van der Waals surface area contributed by atoms with Crippen molar-refractivity contribution in [2.24, 2.45) is 5.73 Å². The van der Waals surface area contributed by atoms with E-state index in [0.29, 0.717) is 23.3 Å². The highest BCUT2D eigenvalue weighted by atomic mass is 79.9. The Hall–Kier alpha value is -0.830.